The van der Waals surface area contributed by atoms with Gasteiger partial charge in [0.1, 0.15) is 12.2 Å². The molecule has 8 heteroatoms. The Balaban J connectivity index is 1.31. The minimum absolute atomic E-state index is 0.0430. The Hall–Kier alpha value is -3.00. The summed E-state index contributed by atoms with van der Waals surface area (Å²) in [7, 11) is 1.95. The lowest BCUT2D eigenvalue weighted by molar-refractivity contribution is -0.121. The zero-order chi connectivity index (χ0) is 20.4. The molecule has 1 N–H and O–H groups in total. The summed E-state index contributed by atoms with van der Waals surface area (Å²) < 4.78 is 3.85. The molecule has 1 aliphatic rings. The summed E-state index contributed by atoms with van der Waals surface area (Å²) in [6.45, 7) is 6.57. The van der Waals surface area contributed by atoms with E-state index in [0.29, 0.717) is 0 Å². The summed E-state index contributed by atoms with van der Waals surface area (Å²) in [6, 6.07) is 9.89. The number of likely N-dealkylation sites (tertiary alicyclic amines) is 1. The van der Waals surface area contributed by atoms with Crippen LogP contribution in [0.3, 0.4) is 0 Å². The van der Waals surface area contributed by atoms with Crippen molar-refractivity contribution < 1.29 is 4.79 Å². The number of hydrogen-bond acceptors (Lipinski definition) is 5. The number of piperidine rings is 1. The minimum Gasteiger partial charge on any atom is -0.326 e. The van der Waals surface area contributed by atoms with E-state index in [-0.39, 0.29) is 11.8 Å². The van der Waals surface area contributed by atoms with Crippen molar-refractivity contribution in [3.63, 3.8) is 0 Å². The summed E-state index contributed by atoms with van der Waals surface area (Å²) in [5.74, 6) is 1.10. The lowest BCUT2D eigenvalue weighted by Crippen LogP contribution is -2.38. The summed E-state index contributed by atoms with van der Waals surface area (Å²) >= 11 is 0. The maximum atomic E-state index is 12.7. The third kappa shape index (κ3) is 4.37. The fraction of sp³-hybridized carbons (Fsp3) is 0.429. The molecule has 1 aromatic carbocycles. The Kier molecular flexibility index (Phi) is 5.44. The minimum atomic E-state index is 0.0430. The summed E-state index contributed by atoms with van der Waals surface area (Å²) in [6.07, 6.45) is 3.43. The Morgan fingerprint density at radius 1 is 1.17 bits per heavy atom. The zero-order valence-corrected chi connectivity index (χ0v) is 17.2. The molecule has 152 valence electrons. The Morgan fingerprint density at radius 2 is 1.90 bits per heavy atom. The average molecular weight is 393 g/mol. The van der Waals surface area contributed by atoms with Crippen molar-refractivity contribution in [1.29, 1.82) is 0 Å². The molecular formula is C21H27N7O. The molecule has 8 nitrogen and oxygen atoms in total. The number of carbonyl (C=O) groups is 1. The highest BCUT2D eigenvalue weighted by atomic mass is 16.1. The van der Waals surface area contributed by atoms with Crippen LogP contribution in [0.5, 0.6) is 0 Å². The molecule has 2 aromatic heterocycles. The lowest BCUT2D eigenvalue weighted by Gasteiger charge is -2.30. The second-order valence-corrected chi connectivity index (χ2v) is 7.78. The average Bonchev–Trinajstić information content (AvgIpc) is 3.27. The van der Waals surface area contributed by atoms with Gasteiger partial charge in [0.05, 0.1) is 17.9 Å². The van der Waals surface area contributed by atoms with E-state index in [2.05, 4.69) is 25.5 Å². The molecule has 0 aliphatic carbocycles. The van der Waals surface area contributed by atoms with Crippen molar-refractivity contribution in [2.45, 2.75) is 33.2 Å². The largest absolute Gasteiger partial charge is 0.326 e. The van der Waals surface area contributed by atoms with Gasteiger partial charge in [0.2, 0.25) is 5.91 Å². The van der Waals surface area contributed by atoms with Gasteiger partial charge < -0.3 is 9.88 Å². The predicted molar refractivity (Wildman–Crippen MR) is 111 cm³/mol. The predicted octanol–water partition coefficient (Wildman–Crippen LogP) is 2.47. The van der Waals surface area contributed by atoms with Crippen LogP contribution < -0.4 is 5.32 Å². The molecule has 0 bridgehead atoms. The van der Waals surface area contributed by atoms with Crippen LogP contribution in [0.15, 0.2) is 36.7 Å². The van der Waals surface area contributed by atoms with Crippen molar-refractivity contribution in [3.8, 4) is 5.69 Å². The van der Waals surface area contributed by atoms with Gasteiger partial charge in [-0.25, -0.2) is 4.68 Å². The van der Waals surface area contributed by atoms with Crippen LogP contribution in [0, 0.1) is 19.8 Å². The number of benzene rings is 1. The lowest BCUT2D eigenvalue weighted by atomic mass is 9.96. The van der Waals surface area contributed by atoms with Crippen molar-refractivity contribution in [2.24, 2.45) is 13.0 Å². The molecule has 4 rings (SSSR count). The van der Waals surface area contributed by atoms with Gasteiger partial charge in [0.15, 0.2) is 0 Å². The molecule has 1 aliphatic heterocycles. The van der Waals surface area contributed by atoms with E-state index in [1.807, 2.05) is 60.5 Å². The first-order chi connectivity index (χ1) is 14.0. The first-order valence-electron chi connectivity index (χ1n) is 9.99. The van der Waals surface area contributed by atoms with Crippen LogP contribution >= 0.6 is 0 Å². The molecule has 3 heterocycles. The smallest absolute Gasteiger partial charge is 0.227 e. The molecule has 3 aromatic rings. The van der Waals surface area contributed by atoms with Gasteiger partial charge in [0.25, 0.3) is 0 Å². The zero-order valence-electron chi connectivity index (χ0n) is 17.2. The molecule has 29 heavy (non-hydrogen) atoms. The third-order valence-electron chi connectivity index (χ3n) is 5.52. The number of aryl methyl sites for hydroxylation is 3. The van der Waals surface area contributed by atoms with E-state index >= 15 is 0 Å². The first kappa shape index (κ1) is 19.3. The molecule has 0 spiro atoms. The van der Waals surface area contributed by atoms with Crippen LogP contribution in [0.25, 0.3) is 5.69 Å². The monoisotopic (exact) mass is 393 g/mol. The van der Waals surface area contributed by atoms with Crippen LogP contribution in [0.1, 0.15) is 30.1 Å². The van der Waals surface area contributed by atoms with Gasteiger partial charge in [-0.1, -0.05) is 0 Å². The molecule has 0 saturated carbocycles. The maximum Gasteiger partial charge on any atom is 0.227 e. The number of carbonyl (C=O) groups excluding carboxylic acids is 1. The Morgan fingerprint density at radius 3 is 2.48 bits per heavy atom. The number of aromatic nitrogens is 5. The first-order valence-corrected chi connectivity index (χ1v) is 9.99. The molecule has 0 atom stereocenters. The fourth-order valence-electron chi connectivity index (χ4n) is 3.82. The molecular weight excluding hydrogens is 366 g/mol. The van der Waals surface area contributed by atoms with Gasteiger partial charge >= 0.3 is 0 Å². The van der Waals surface area contributed by atoms with Crippen LogP contribution in [-0.4, -0.2) is 48.4 Å². The van der Waals surface area contributed by atoms with Crippen LogP contribution in [0.2, 0.25) is 0 Å². The molecule has 1 saturated heterocycles. The van der Waals surface area contributed by atoms with E-state index < -0.39 is 0 Å². The van der Waals surface area contributed by atoms with Gasteiger partial charge in [-0.15, -0.1) is 10.2 Å². The van der Waals surface area contributed by atoms with Crippen LogP contribution in [-0.2, 0) is 18.4 Å². The number of hydrogen-bond donors (Lipinski definition) is 1. The SMILES string of the molecule is Cc1cc(C)n(-c2ccc(NC(=O)C3CCN(Cc4nncn4C)CC3)cc2)n1. The molecule has 0 radical (unpaired) electrons. The number of rotatable bonds is 5. The molecule has 0 unspecified atom stereocenters. The standard InChI is InChI=1S/C21H27N7O/c1-15-12-16(2)28(25-15)19-6-4-18(5-7-19)23-21(29)17-8-10-27(11-9-17)13-20-24-22-14-26(20)3/h4-7,12,14,17H,8-11,13H2,1-3H3,(H,23,29). The van der Waals surface area contributed by atoms with E-state index in [0.717, 1.165) is 61.1 Å². The number of nitrogens with one attached hydrogen (secondary N) is 1. The molecule has 1 amide bonds. The summed E-state index contributed by atoms with van der Waals surface area (Å²) in [5, 5.41) is 15.6. The third-order valence-corrected chi connectivity index (χ3v) is 5.52. The van der Waals surface area contributed by atoms with Crippen molar-refractivity contribution >= 4 is 11.6 Å². The van der Waals surface area contributed by atoms with Gasteiger partial charge in [-0.3, -0.25) is 9.69 Å². The number of amides is 1. The summed E-state index contributed by atoms with van der Waals surface area (Å²) in [4.78, 5) is 15.0. The van der Waals surface area contributed by atoms with E-state index in [1.54, 1.807) is 6.33 Å². The topological polar surface area (TPSA) is 80.9 Å². The molecule has 1 fully saturated rings. The summed E-state index contributed by atoms with van der Waals surface area (Å²) in [5.41, 5.74) is 3.89. The highest BCUT2D eigenvalue weighted by Gasteiger charge is 2.25. The van der Waals surface area contributed by atoms with E-state index in [1.165, 1.54) is 0 Å². The van der Waals surface area contributed by atoms with E-state index in [4.69, 9.17) is 0 Å². The maximum absolute atomic E-state index is 12.7. The van der Waals surface area contributed by atoms with Gasteiger partial charge in [-0.2, -0.15) is 5.10 Å². The van der Waals surface area contributed by atoms with Crippen molar-refractivity contribution in [2.75, 3.05) is 18.4 Å². The highest BCUT2D eigenvalue weighted by molar-refractivity contribution is 5.92. The Bertz CT molecular complexity index is 981. The Labute approximate surface area is 170 Å². The van der Waals surface area contributed by atoms with E-state index in [9.17, 15) is 4.79 Å². The number of nitrogens with zero attached hydrogens (tertiary/aromatic N) is 6. The van der Waals surface area contributed by atoms with Gasteiger partial charge in [-0.05, 0) is 70.1 Å². The van der Waals surface area contributed by atoms with Crippen molar-refractivity contribution in [1.82, 2.24) is 29.4 Å². The number of anilines is 1. The highest BCUT2D eigenvalue weighted by Crippen LogP contribution is 2.21. The second-order valence-electron chi connectivity index (χ2n) is 7.78. The quantitative estimate of drug-likeness (QED) is 0.720. The fourth-order valence-corrected chi connectivity index (χ4v) is 3.82. The van der Waals surface area contributed by atoms with Gasteiger partial charge in [0, 0.05) is 24.3 Å². The second kappa shape index (κ2) is 8.16. The van der Waals surface area contributed by atoms with Crippen LogP contribution in [0.4, 0.5) is 5.69 Å². The van der Waals surface area contributed by atoms with Crippen molar-refractivity contribution in [3.05, 3.63) is 53.9 Å². The normalized spacial score (nSPS) is 15.6.